The van der Waals surface area contributed by atoms with Crippen LogP contribution in [-0.4, -0.2) is 37.8 Å². The summed E-state index contributed by atoms with van der Waals surface area (Å²) >= 11 is 0. The highest BCUT2D eigenvalue weighted by molar-refractivity contribution is 7.92. The summed E-state index contributed by atoms with van der Waals surface area (Å²) in [7, 11) is -3.44. The van der Waals surface area contributed by atoms with E-state index in [0.29, 0.717) is 32.0 Å². The minimum Gasteiger partial charge on any atom is -0.353 e. The van der Waals surface area contributed by atoms with Gasteiger partial charge in [0.15, 0.2) is 0 Å². The number of carbonyl (C=O) groups excluding carboxylic acids is 1. The van der Waals surface area contributed by atoms with Gasteiger partial charge in [-0.15, -0.1) is 0 Å². The fourth-order valence-electron chi connectivity index (χ4n) is 3.93. The first kappa shape index (κ1) is 20.1. The van der Waals surface area contributed by atoms with Crippen LogP contribution in [0.1, 0.15) is 56.9 Å². The van der Waals surface area contributed by atoms with Gasteiger partial charge in [0.2, 0.25) is 15.9 Å². The van der Waals surface area contributed by atoms with E-state index in [0.717, 1.165) is 18.4 Å². The van der Waals surface area contributed by atoms with E-state index in [2.05, 4.69) is 5.32 Å². The van der Waals surface area contributed by atoms with Crippen molar-refractivity contribution >= 4 is 22.0 Å². The lowest BCUT2D eigenvalue weighted by Crippen LogP contribution is -2.44. The van der Waals surface area contributed by atoms with E-state index in [-0.39, 0.29) is 11.8 Å². The number of rotatable bonds is 5. The number of amides is 1. The van der Waals surface area contributed by atoms with Crippen LogP contribution in [0.15, 0.2) is 35.7 Å². The zero-order valence-electron chi connectivity index (χ0n) is 15.8. The number of nitrogens with one attached hydrogen (secondary N) is 1. The van der Waals surface area contributed by atoms with Crippen LogP contribution < -0.4 is 5.32 Å². The summed E-state index contributed by atoms with van der Waals surface area (Å²) < 4.78 is 26.5. The van der Waals surface area contributed by atoms with Gasteiger partial charge in [-0.25, -0.2) is 8.42 Å². The first-order chi connectivity index (χ1) is 13.0. The molecule has 5 nitrogen and oxygen atoms in total. The van der Waals surface area contributed by atoms with E-state index in [9.17, 15) is 13.2 Å². The molecule has 3 rings (SSSR count). The molecule has 0 radical (unpaired) electrons. The van der Waals surface area contributed by atoms with E-state index >= 15 is 0 Å². The quantitative estimate of drug-likeness (QED) is 0.782. The van der Waals surface area contributed by atoms with Crippen LogP contribution in [0.2, 0.25) is 0 Å². The lowest BCUT2D eigenvalue weighted by molar-refractivity contribution is -0.126. The van der Waals surface area contributed by atoms with Gasteiger partial charge in [-0.3, -0.25) is 4.79 Å². The minimum atomic E-state index is -3.44. The van der Waals surface area contributed by atoms with E-state index < -0.39 is 10.0 Å². The van der Waals surface area contributed by atoms with Gasteiger partial charge < -0.3 is 5.32 Å². The molecule has 1 heterocycles. The summed E-state index contributed by atoms with van der Waals surface area (Å²) in [6, 6.07) is 9.70. The molecule has 1 amide bonds. The number of hydrogen-bond donors (Lipinski definition) is 1. The smallest absolute Gasteiger partial charge is 0.236 e. The van der Waals surface area contributed by atoms with Crippen LogP contribution in [0.5, 0.6) is 0 Å². The summed E-state index contributed by atoms with van der Waals surface area (Å²) in [5.74, 6) is 0.0385. The average Bonchev–Trinajstić information content (AvgIpc) is 2.96. The van der Waals surface area contributed by atoms with Crippen molar-refractivity contribution < 1.29 is 13.2 Å². The molecule has 0 unspecified atom stereocenters. The highest BCUT2D eigenvalue weighted by Crippen LogP contribution is 2.23. The molecule has 1 saturated carbocycles. The van der Waals surface area contributed by atoms with Crippen molar-refractivity contribution in [2.75, 3.05) is 13.1 Å². The van der Waals surface area contributed by atoms with Gasteiger partial charge in [0.25, 0.3) is 0 Å². The molecule has 0 aromatic heterocycles. The summed E-state index contributed by atoms with van der Waals surface area (Å²) in [5.41, 5.74) is 0.860. The van der Waals surface area contributed by atoms with Gasteiger partial charge >= 0.3 is 0 Å². The number of benzene rings is 1. The van der Waals surface area contributed by atoms with Crippen LogP contribution in [0.4, 0.5) is 0 Å². The maximum Gasteiger partial charge on any atom is 0.236 e. The van der Waals surface area contributed by atoms with Gasteiger partial charge in [-0.2, -0.15) is 4.31 Å². The van der Waals surface area contributed by atoms with Crippen LogP contribution in [0, 0.1) is 5.92 Å². The van der Waals surface area contributed by atoms with Crippen molar-refractivity contribution in [2.24, 2.45) is 5.92 Å². The van der Waals surface area contributed by atoms with E-state index in [1.807, 2.05) is 30.3 Å². The molecule has 2 aliphatic rings. The SMILES string of the molecule is O=C(NC1CCCCCC1)C1CCN(S(=O)(=O)/C=C/c2ccccc2)CC1. The highest BCUT2D eigenvalue weighted by Gasteiger charge is 2.30. The Morgan fingerprint density at radius 1 is 0.963 bits per heavy atom. The molecule has 2 fully saturated rings. The highest BCUT2D eigenvalue weighted by atomic mass is 32.2. The first-order valence-corrected chi connectivity index (χ1v) is 11.6. The molecule has 1 saturated heterocycles. The summed E-state index contributed by atoms with van der Waals surface area (Å²) in [6.45, 7) is 0.814. The molecule has 6 heteroatoms. The molecule has 27 heavy (non-hydrogen) atoms. The molecule has 0 atom stereocenters. The third-order valence-corrected chi connectivity index (χ3v) is 7.18. The Balaban J connectivity index is 1.50. The third kappa shape index (κ3) is 5.91. The molecule has 1 aromatic rings. The molecule has 1 aliphatic carbocycles. The number of carbonyl (C=O) groups is 1. The van der Waals surface area contributed by atoms with E-state index in [1.54, 1.807) is 6.08 Å². The fraction of sp³-hybridized carbons (Fsp3) is 0.571. The van der Waals surface area contributed by atoms with Crippen molar-refractivity contribution in [3.63, 3.8) is 0 Å². The normalized spacial score (nSPS) is 21.2. The zero-order chi connectivity index (χ0) is 19.1. The van der Waals surface area contributed by atoms with Crippen molar-refractivity contribution in [3.8, 4) is 0 Å². The van der Waals surface area contributed by atoms with Gasteiger partial charge in [-0.1, -0.05) is 56.0 Å². The second-order valence-corrected chi connectivity index (χ2v) is 9.45. The molecule has 0 bridgehead atoms. The van der Waals surface area contributed by atoms with Crippen molar-refractivity contribution in [3.05, 3.63) is 41.3 Å². The van der Waals surface area contributed by atoms with E-state index in [4.69, 9.17) is 0 Å². The van der Waals surface area contributed by atoms with E-state index in [1.165, 1.54) is 35.4 Å². The van der Waals surface area contributed by atoms with Crippen LogP contribution in [-0.2, 0) is 14.8 Å². The van der Waals surface area contributed by atoms with Crippen LogP contribution >= 0.6 is 0 Å². The van der Waals surface area contributed by atoms with Gasteiger partial charge in [-0.05, 0) is 37.3 Å². The number of sulfonamides is 1. The molecule has 1 N–H and O–H groups in total. The largest absolute Gasteiger partial charge is 0.353 e. The van der Waals surface area contributed by atoms with Crippen molar-refractivity contribution in [1.82, 2.24) is 9.62 Å². The summed E-state index contributed by atoms with van der Waals surface area (Å²) in [6.07, 6.45) is 9.86. The lowest BCUT2D eigenvalue weighted by atomic mass is 9.96. The molecule has 1 aliphatic heterocycles. The van der Waals surface area contributed by atoms with Gasteiger partial charge in [0.05, 0.1) is 0 Å². The predicted octanol–water partition coefficient (Wildman–Crippen LogP) is 3.54. The predicted molar refractivity (Wildman–Crippen MR) is 108 cm³/mol. The standard InChI is InChI=1S/C21H30N2O3S/c24-21(22-20-10-6-1-2-7-11-20)19-12-15-23(16-13-19)27(25,26)17-14-18-8-4-3-5-9-18/h3-5,8-9,14,17,19-20H,1-2,6-7,10-13,15-16H2,(H,22,24)/b17-14+. The fourth-order valence-corrected chi connectivity index (χ4v) is 5.15. The summed E-state index contributed by atoms with van der Waals surface area (Å²) in [4.78, 5) is 12.6. The van der Waals surface area contributed by atoms with Crippen LogP contribution in [0.3, 0.4) is 0 Å². The Bertz CT molecular complexity index is 730. The van der Waals surface area contributed by atoms with Crippen LogP contribution in [0.25, 0.3) is 6.08 Å². The molecule has 148 valence electrons. The van der Waals surface area contributed by atoms with Gasteiger partial charge in [0, 0.05) is 30.5 Å². The minimum absolute atomic E-state index is 0.0715. The maximum absolute atomic E-state index is 12.6. The number of piperidine rings is 1. The number of nitrogens with zero attached hydrogens (tertiary/aromatic N) is 1. The lowest BCUT2D eigenvalue weighted by Gasteiger charge is -2.30. The summed E-state index contributed by atoms with van der Waals surface area (Å²) in [5, 5.41) is 4.48. The topological polar surface area (TPSA) is 66.5 Å². The Morgan fingerprint density at radius 2 is 1.59 bits per heavy atom. The van der Waals surface area contributed by atoms with Gasteiger partial charge in [0.1, 0.15) is 0 Å². The Morgan fingerprint density at radius 3 is 2.22 bits per heavy atom. The van der Waals surface area contributed by atoms with Crippen molar-refractivity contribution in [2.45, 2.75) is 57.4 Å². The Hall–Kier alpha value is -1.66. The third-order valence-electron chi connectivity index (χ3n) is 5.62. The molecule has 1 aromatic carbocycles. The number of hydrogen-bond acceptors (Lipinski definition) is 3. The molecular weight excluding hydrogens is 360 g/mol. The Labute approximate surface area is 162 Å². The zero-order valence-corrected chi connectivity index (χ0v) is 16.7. The second-order valence-electron chi connectivity index (χ2n) is 7.63. The Kier molecular flexibility index (Phi) is 7.07. The monoisotopic (exact) mass is 390 g/mol. The van der Waals surface area contributed by atoms with Crippen molar-refractivity contribution in [1.29, 1.82) is 0 Å². The first-order valence-electron chi connectivity index (χ1n) is 10.1. The second kappa shape index (κ2) is 9.51. The average molecular weight is 391 g/mol. The molecular formula is C21H30N2O3S. The maximum atomic E-state index is 12.6. The molecule has 0 spiro atoms.